The van der Waals surface area contributed by atoms with Crippen LogP contribution < -0.4 is 4.74 Å². The van der Waals surface area contributed by atoms with E-state index >= 15 is 0 Å². The van der Waals surface area contributed by atoms with Crippen molar-refractivity contribution in [3.05, 3.63) is 58.2 Å². The highest BCUT2D eigenvalue weighted by atomic mass is 79.9. The minimum Gasteiger partial charge on any atom is -0.472 e. The molecule has 132 valence electrons. The molecule has 1 aromatic heterocycles. The lowest BCUT2D eigenvalue weighted by molar-refractivity contribution is -0.138. The summed E-state index contributed by atoms with van der Waals surface area (Å²) in [5.41, 5.74) is -1.25. The van der Waals surface area contributed by atoms with Gasteiger partial charge in [0.25, 0.3) is 5.91 Å². The van der Waals surface area contributed by atoms with Crippen molar-refractivity contribution in [2.45, 2.75) is 18.7 Å². The first-order valence-electron chi connectivity index (χ1n) is 7.58. The topological polar surface area (TPSA) is 42.4 Å². The lowest BCUT2D eigenvalue weighted by atomic mass is 10.1. The molecule has 2 aromatic rings. The Balaban J connectivity index is 1.70. The summed E-state index contributed by atoms with van der Waals surface area (Å²) in [6.07, 6.45) is -2.73. The van der Waals surface area contributed by atoms with Crippen LogP contribution in [0.25, 0.3) is 0 Å². The van der Waals surface area contributed by atoms with Gasteiger partial charge < -0.3 is 9.64 Å². The fourth-order valence-corrected chi connectivity index (χ4v) is 2.93. The number of carbonyl (C=O) groups excluding carboxylic acids is 1. The lowest BCUT2D eigenvalue weighted by Gasteiger charge is -2.19. The van der Waals surface area contributed by atoms with Crippen LogP contribution in [-0.2, 0) is 6.18 Å². The average Bonchev–Trinajstić information content (AvgIpc) is 3.04. The van der Waals surface area contributed by atoms with Crippen LogP contribution in [0.2, 0.25) is 0 Å². The number of rotatable bonds is 3. The number of alkyl halides is 3. The molecule has 1 aromatic carbocycles. The molecule has 1 atom stereocenters. The lowest BCUT2D eigenvalue weighted by Crippen LogP contribution is -2.32. The third-order valence-electron chi connectivity index (χ3n) is 3.88. The molecule has 0 bridgehead atoms. The second-order valence-corrected chi connectivity index (χ2v) is 6.55. The van der Waals surface area contributed by atoms with Gasteiger partial charge in [0, 0.05) is 29.7 Å². The van der Waals surface area contributed by atoms with E-state index in [2.05, 4.69) is 20.9 Å². The Kier molecular flexibility index (Phi) is 4.99. The summed E-state index contributed by atoms with van der Waals surface area (Å²) in [4.78, 5) is 18.0. The van der Waals surface area contributed by atoms with Gasteiger partial charge >= 0.3 is 6.18 Å². The number of carbonyl (C=O) groups is 1. The van der Waals surface area contributed by atoms with Crippen LogP contribution in [0.1, 0.15) is 22.3 Å². The first-order chi connectivity index (χ1) is 11.8. The monoisotopic (exact) mass is 414 g/mol. The van der Waals surface area contributed by atoms with E-state index in [-0.39, 0.29) is 18.2 Å². The van der Waals surface area contributed by atoms with Crippen LogP contribution in [0.3, 0.4) is 0 Å². The van der Waals surface area contributed by atoms with E-state index in [0.717, 1.165) is 10.5 Å². The van der Waals surface area contributed by atoms with Crippen molar-refractivity contribution in [3.8, 4) is 5.88 Å². The Morgan fingerprint density at radius 3 is 2.68 bits per heavy atom. The van der Waals surface area contributed by atoms with Gasteiger partial charge in [-0.25, -0.2) is 4.98 Å². The summed E-state index contributed by atoms with van der Waals surface area (Å²) in [6.45, 7) is 0.564. The maximum atomic E-state index is 13.1. The smallest absolute Gasteiger partial charge is 0.417 e. The molecule has 0 N–H and O–H groups in total. The van der Waals surface area contributed by atoms with Crippen LogP contribution in [0, 0.1) is 0 Å². The third-order valence-corrected chi connectivity index (χ3v) is 4.35. The highest BCUT2D eigenvalue weighted by Crippen LogP contribution is 2.33. The Morgan fingerprint density at radius 1 is 1.24 bits per heavy atom. The number of pyridine rings is 1. The summed E-state index contributed by atoms with van der Waals surface area (Å²) in [5, 5.41) is 0. The van der Waals surface area contributed by atoms with E-state index in [1.54, 1.807) is 18.3 Å². The zero-order valence-corrected chi connectivity index (χ0v) is 14.5. The molecule has 0 radical (unpaired) electrons. The van der Waals surface area contributed by atoms with Gasteiger partial charge in [0.05, 0.1) is 17.7 Å². The highest BCUT2D eigenvalue weighted by Gasteiger charge is 2.37. The number of benzene rings is 1. The van der Waals surface area contributed by atoms with Crippen molar-refractivity contribution >= 4 is 21.8 Å². The summed E-state index contributed by atoms with van der Waals surface area (Å²) >= 11 is 3.27. The maximum absolute atomic E-state index is 13.1. The maximum Gasteiger partial charge on any atom is 0.417 e. The number of hydrogen-bond donors (Lipinski definition) is 0. The fraction of sp³-hybridized carbons (Fsp3) is 0.294. The van der Waals surface area contributed by atoms with Gasteiger partial charge in [0.1, 0.15) is 6.10 Å². The summed E-state index contributed by atoms with van der Waals surface area (Å²) < 4.78 is 45.8. The summed E-state index contributed by atoms with van der Waals surface area (Å²) in [7, 11) is 0. The Bertz CT molecular complexity index is 765. The van der Waals surface area contributed by atoms with Gasteiger partial charge in [-0.05, 0) is 34.1 Å². The molecule has 8 heteroatoms. The second-order valence-electron chi connectivity index (χ2n) is 5.64. The molecule has 4 nitrogen and oxygen atoms in total. The third kappa shape index (κ3) is 4.12. The number of likely N-dealkylation sites (tertiary alicyclic amines) is 1. The van der Waals surface area contributed by atoms with E-state index in [0.29, 0.717) is 18.8 Å². The number of aromatic nitrogens is 1. The normalized spacial score (nSPS) is 17.6. The summed E-state index contributed by atoms with van der Waals surface area (Å²) in [5.74, 6) is -0.221. The first-order valence-corrected chi connectivity index (χ1v) is 8.37. The van der Waals surface area contributed by atoms with E-state index in [1.165, 1.54) is 23.1 Å². The van der Waals surface area contributed by atoms with Gasteiger partial charge in [-0.15, -0.1) is 0 Å². The Labute approximate surface area is 150 Å². The molecule has 1 saturated heterocycles. The highest BCUT2D eigenvalue weighted by molar-refractivity contribution is 9.10. The second kappa shape index (κ2) is 7.03. The molecular weight excluding hydrogens is 401 g/mol. The van der Waals surface area contributed by atoms with Crippen molar-refractivity contribution in [2.24, 2.45) is 0 Å². The van der Waals surface area contributed by atoms with Crippen LogP contribution >= 0.6 is 15.9 Å². The first kappa shape index (κ1) is 17.7. The fourth-order valence-electron chi connectivity index (χ4n) is 2.70. The van der Waals surface area contributed by atoms with E-state index < -0.39 is 17.6 Å². The zero-order chi connectivity index (χ0) is 18.0. The van der Waals surface area contributed by atoms with Crippen LogP contribution in [0.4, 0.5) is 13.2 Å². The molecule has 3 rings (SSSR count). The predicted molar refractivity (Wildman–Crippen MR) is 88.3 cm³/mol. The van der Waals surface area contributed by atoms with E-state index in [1.807, 2.05) is 0 Å². The molecule has 1 fully saturated rings. The quantitative estimate of drug-likeness (QED) is 0.757. The molecule has 0 spiro atoms. The van der Waals surface area contributed by atoms with Gasteiger partial charge in [-0.1, -0.05) is 12.1 Å². The van der Waals surface area contributed by atoms with Gasteiger partial charge in [0.2, 0.25) is 5.88 Å². The van der Waals surface area contributed by atoms with Crippen molar-refractivity contribution < 1.29 is 22.7 Å². The number of hydrogen-bond acceptors (Lipinski definition) is 3. The molecule has 1 aliphatic heterocycles. The van der Waals surface area contributed by atoms with Crippen molar-refractivity contribution in [3.63, 3.8) is 0 Å². The van der Waals surface area contributed by atoms with Crippen molar-refractivity contribution in [1.29, 1.82) is 0 Å². The van der Waals surface area contributed by atoms with Crippen molar-refractivity contribution in [1.82, 2.24) is 9.88 Å². The number of amides is 1. The van der Waals surface area contributed by atoms with Crippen LogP contribution in [-0.4, -0.2) is 35.0 Å². The molecule has 0 saturated carbocycles. The number of ether oxygens (including phenoxy) is 1. The largest absolute Gasteiger partial charge is 0.472 e. The molecule has 2 heterocycles. The summed E-state index contributed by atoms with van der Waals surface area (Å²) in [6, 6.07) is 8.29. The minimum atomic E-state index is -4.57. The molecular formula is C17H14BrF3N2O2. The SMILES string of the molecule is O=C(c1ccccc1C(F)(F)F)N1CC[C@@H](Oc2ccc(Br)cn2)C1. The Morgan fingerprint density at radius 2 is 2.00 bits per heavy atom. The molecule has 1 aliphatic rings. The number of halogens is 4. The van der Waals surface area contributed by atoms with Crippen LogP contribution in [0.15, 0.2) is 47.1 Å². The van der Waals surface area contributed by atoms with E-state index in [9.17, 15) is 18.0 Å². The average molecular weight is 415 g/mol. The van der Waals surface area contributed by atoms with Gasteiger partial charge in [0.15, 0.2) is 0 Å². The van der Waals surface area contributed by atoms with Gasteiger partial charge in [-0.2, -0.15) is 13.2 Å². The van der Waals surface area contributed by atoms with E-state index in [4.69, 9.17) is 4.74 Å². The number of nitrogens with zero attached hydrogens (tertiary/aromatic N) is 2. The molecule has 1 amide bonds. The van der Waals surface area contributed by atoms with Crippen LogP contribution in [0.5, 0.6) is 5.88 Å². The minimum absolute atomic E-state index is 0.225. The Hall–Kier alpha value is -2.09. The molecule has 0 aliphatic carbocycles. The molecule has 0 unspecified atom stereocenters. The standard InChI is InChI=1S/C17H14BrF3N2O2/c18-11-5-6-15(22-9-11)25-12-7-8-23(10-12)16(24)13-3-1-2-4-14(13)17(19,20)21/h1-6,9,12H,7-8,10H2/t12-/m1/s1. The van der Waals surface area contributed by atoms with Crippen molar-refractivity contribution in [2.75, 3.05) is 13.1 Å². The zero-order valence-electron chi connectivity index (χ0n) is 13.0. The predicted octanol–water partition coefficient (Wildman–Crippen LogP) is 4.16. The van der Waals surface area contributed by atoms with Gasteiger partial charge in [-0.3, -0.25) is 4.79 Å². The molecule has 25 heavy (non-hydrogen) atoms.